The van der Waals surface area contributed by atoms with Crippen molar-refractivity contribution >= 4 is 0 Å². The van der Waals surface area contributed by atoms with Crippen molar-refractivity contribution in [1.29, 1.82) is 0 Å². The first-order valence-electron chi connectivity index (χ1n) is 5.06. The fourth-order valence-electron chi connectivity index (χ4n) is 1.50. The van der Waals surface area contributed by atoms with E-state index in [2.05, 4.69) is 4.98 Å². The summed E-state index contributed by atoms with van der Waals surface area (Å²) in [5, 5.41) is 0. The van der Waals surface area contributed by atoms with Gasteiger partial charge in [-0.1, -0.05) is 6.07 Å². The lowest BCUT2D eigenvalue weighted by Crippen LogP contribution is -2.08. The van der Waals surface area contributed by atoms with Crippen molar-refractivity contribution in [1.82, 2.24) is 4.98 Å². The number of hydrogen-bond donors (Lipinski definition) is 1. The highest BCUT2D eigenvalue weighted by Crippen LogP contribution is 2.38. The van der Waals surface area contributed by atoms with E-state index in [0.29, 0.717) is 17.8 Å². The van der Waals surface area contributed by atoms with Crippen molar-refractivity contribution in [3.63, 3.8) is 0 Å². The van der Waals surface area contributed by atoms with E-state index in [1.807, 2.05) is 32.0 Å². The number of nitrogens with zero attached hydrogens (tertiary/aromatic N) is 1. The summed E-state index contributed by atoms with van der Waals surface area (Å²) in [6, 6.07) is 6.18. The molecule has 3 heteroatoms. The minimum absolute atomic E-state index is 0.172. The van der Waals surface area contributed by atoms with Crippen LogP contribution in [0.25, 0.3) is 0 Å². The van der Waals surface area contributed by atoms with E-state index in [1.54, 1.807) is 0 Å². The molecule has 1 heterocycles. The van der Waals surface area contributed by atoms with Gasteiger partial charge in [0, 0.05) is 23.7 Å². The normalized spacial score (nSPS) is 25.1. The molecule has 0 bridgehead atoms. The summed E-state index contributed by atoms with van der Waals surface area (Å²) in [4.78, 5) is 4.42. The molecule has 1 aromatic rings. The minimum atomic E-state index is 0.172. The first-order valence-corrected chi connectivity index (χ1v) is 5.06. The van der Waals surface area contributed by atoms with Crippen molar-refractivity contribution in [3.05, 3.63) is 23.9 Å². The summed E-state index contributed by atoms with van der Waals surface area (Å²) >= 11 is 0. The largest absolute Gasteiger partial charge is 0.475 e. The summed E-state index contributed by atoms with van der Waals surface area (Å²) in [5.41, 5.74) is 6.83. The molecule has 0 aromatic carbocycles. The molecule has 0 saturated heterocycles. The smallest absolute Gasteiger partial charge is 0.213 e. The Morgan fingerprint density at radius 2 is 2.21 bits per heavy atom. The Balaban J connectivity index is 2.11. The average molecular weight is 192 g/mol. The van der Waals surface area contributed by atoms with Crippen molar-refractivity contribution in [2.45, 2.75) is 38.3 Å². The Morgan fingerprint density at radius 1 is 1.50 bits per heavy atom. The van der Waals surface area contributed by atoms with Gasteiger partial charge in [0.05, 0.1) is 6.10 Å². The van der Waals surface area contributed by atoms with E-state index >= 15 is 0 Å². The summed E-state index contributed by atoms with van der Waals surface area (Å²) in [6.07, 6.45) is 1.23. The topological polar surface area (TPSA) is 48.1 Å². The van der Waals surface area contributed by atoms with Gasteiger partial charge in [0.2, 0.25) is 5.88 Å². The molecule has 0 amide bonds. The number of aromatic nitrogens is 1. The van der Waals surface area contributed by atoms with Crippen LogP contribution in [0.4, 0.5) is 0 Å². The van der Waals surface area contributed by atoms with Crippen LogP contribution in [0.3, 0.4) is 0 Å². The maximum Gasteiger partial charge on any atom is 0.213 e. The van der Waals surface area contributed by atoms with Gasteiger partial charge >= 0.3 is 0 Å². The van der Waals surface area contributed by atoms with E-state index in [0.717, 1.165) is 12.1 Å². The van der Waals surface area contributed by atoms with Crippen LogP contribution in [0.15, 0.2) is 18.2 Å². The minimum Gasteiger partial charge on any atom is -0.475 e. The maximum atomic E-state index is 5.77. The summed E-state index contributed by atoms with van der Waals surface area (Å²) in [6.45, 7) is 3.99. The Bertz CT molecular complexity index is 325. The molecule has 0 spiro atoms. The molecule has 0 aliphatic heterocycles. The van der Waals surface area contributed by atoms with E-state index in [9.17, 15) is 0 Å². The summed E-state index contributed by atoms with van der Waals surface area (Å²) < 4.78 is 5.52. The van der Waals surface area contributed by atoms with Crippen LogP contribution < -0.4 is 10.5 Å². The van der Waals surface area contributed by atoms with Crippen LogP contribution in [0, 0.1) is 0 Å². The molecule has 2 rings (SSSR count). The molecule has 3 nitrogen and oxygen atoms in total. The number of ether oxygens (including phenoxy) is 1. The van der Waals surface area contributed by atoms with Gasteiger partial charge in [0.25, 0.3) is 0 Å². The van der Waals surface area contributed by atoms with Crippen molar-refractivity contribution in [3.8, 4) is 5.88 Å². The number of pyridine rings is 1. The molecule has 1 saturated carbocycles. The lowest BCUT2D eigenvalue weighted by Gasteiger charge is -2.09. The molecule has 1 aliphatic carbocycles. The van der Waals surface area contributed by atoms with Crippen LogP contribution in [-0.2, 0) is 0 Å². The molecular weight excluding hydrogens is 176 g/mol. The van der Waals surface area contributed by atoms with Gasteiger partial charge in [-0.2, -0.15) is 0 Å². The SMILES string of the molecule is CC(C)Oc1cccc([C@@H]2C[C@H]2N)n1. The molecule has 14 heavy (non-hydrogen) atoms. The van der Waals surface area contributed by atoms with Gasteiger partial charge in [0.15, 0.2) is 0 Å². The molecular formula is C11H16N2O. The Labute approximate surface area is 84.3 Å². The second-order valence-corrected chi connectivity index (χ2v) is 4.07. The van der Waals surface area contributed by atoms with E-state index < -0.39 is 0 Å². The van der Waals surface area contributed by atoms with E-state index in [4.69, 9.17) is 10.5 Å². The van der Waals surface area contributed by atoms with Crippen LogP contribution >= 0.6 is 0 Å². The van der Waals surface area contributed by atoms with Crippen LogP contribution in [0.5, 0.6) is 5.88 Å². The second kappa shape index (κ2) is 3.58. The first-order chi connectivity index (χ1) is 6.66. The summed E-state index contributed by atoms with van der Waals surface area (Å²) in [5.74, 6) is 1.15. The average Bonchev–Trinajstić information content (AvgIpc) is 2.82. The monoisotopic (exact) mass is 192 g/mol. The molecule has 0 radical (unpaired) electrons. The fraction of sp³-hybridized carbons (Fsp3) is 0.545. The van der Waals surface area contributed by atoms with Gasteiger partial charge in [0.1, 0.15) is 0 Å². The third-order valence-electron chi connectivity index (χ3n) is 2.32. The predicted molar refractivity (Wildman–Crippen MR) is 55.3 cm³/mol. The zero-order chi connectivity index (χ0) is 10.1. The van der Waals surface area contributed by atoms with Crippen LogP contribution in [0.2, 0.25) is 0 Å². The van der Waals surface area contributed by atoms with Gasteiger partial charge in [-0.15, -0.1) is 0 Å². The Kier molecular flexibility index (Phi) is 2.42. The number of hydrogen-bond acceptors (Lipinski definition) is 3. The number of rotatable bonds is 3. The molecule has 76 valence electrons. The lowest BCUT2D eigenvalue weighted by atomic mass is 10.2. The quantitative estimate of drug-likeness (QED) is 0.792. The molecule has 2 N–H and O–H groups in total. The van der Waals surface area contributed by atoms with Crippen LogP contribution in [-0.4, -0.2) is 17.1 Å². The third-order valence-corrected chi connectivity index (χ3v) is 2.32. The van der Waals surface area contributed by atoms with Crippen molar-refractivity contribution < 1.29 is 4.74 Å². The molecule has 2 atom stereocenters. The van der Waals surface area contributed by atoms with E-state index in [-0.39, 0.29) is 6.10 Å². The highest BCUT2D eigenvalue weighted by Gasteiger charge is 2.36. The van der Waals surface area contributed by atoms with Gasteiger partial charge < -0.3 is 10.5 Å². The van der Waals surface area contributed by atoms with Crippen molar-refractivity contribution in [2.24, 2.45) is 5.73 Å². The summed E-state index contributed by atoms with van der Waals surface area (Å²) in [7, 11) is 0. The van der Waals surface area contributed by atoms with Gasteiger partial charge in [-0.25, -0.2) is 4.98 Å². The number of nitrogens with two attached hydrogens (primary N) is 1. The fourth-order valence-corrected chi connectivity index (χ4v) is 1.50. The Hall–Kier alpha value is -1.09. The standard InChI is InChI=1S/C11H16N2O/c1-7(2)14-11-5-3-4-10(13-11)8-6-9(8)12/h3-5,7-9H,6,12H2,1-2H3/t8-,9-/m1/s1. The zero-order valence-electron chi connectivity index (χ0n) is 8.60. The molecule has 1 aromatic heterocycles. The zero-order valence-corrected chi connectivity index (χ0v) is 8.60. The van der Waals surface area contributed by atoms with E-state index in [1.165, 1.54) is 0 Å². The maximum absolute atomic E-state index is 5.77. The highest BCUT2D eigenvalue weighted by atomic mass is 16.5. The predicted octanol–water partition coefficient (Wildman–Crippen LogP) is 1.68. The molecule has 1 aliphatic rings. The molecule has 0 unspecified atom stereocenters. The van der Waals surface area contributed by atoms with Gasteiger partial charge in [-0.05, 0) is 26.3 Å². The highest BCUT2D eigenvalue weighted by molar-refractivity contribution is 5.24. The van der Waals surface area contributed by atoms with Crippen LogP contribution in [0.1, 0.15) is 31.9 Å². The third kappa shape index (κ3) is 2.04. The first kappa shape index (κ1) is 9.46. The Morgan fingerprint density at radius 3 is 2.79 bits per heavy atom. The van der Waals surface area contributed by atoms with Gasteiger partial charge in [-0.3, -0.25) is 0 Å². The second-order valence-electron chi connectivity index (χ2n) is 4.07. The van der Waals surface area contributed by atoms with Crippen molar-refractivity contribution in [2.75, 3.05) is 0 Å². The lowest BCUT2D eigenvalue weighted by molar-refractivity contribution is 0.232. The molecule has 1 fully saturated rings.